The van der Waals surface area contributed by atoms with Crippen LogP contribution in [0.15, 0.2) is 53.1 Å². The summed E-state index contributed by atoms with van der Waals surface area (Å²) < 4.78 is 10.7. The molecule has 2 heterocycles. The Balaban J connectivity index is 2.23. The zero-order valence-corrected chi connectivity index (χ0v) is 11.9. The summed E-state index contributed by atoms with van der Waals surface area (Å²) >= 11 is 0. The van der Waals surface area contributed by atoms with Crippen molar-refractivity contribution in [3.8, 4) is 34.5 Å². The van der Waals surface area contributed by atoms with E-state index in [1.165, 1.54) is 7.11 Å². The van der Waals surface area contributed by atoms with Crippen LogP contribution >= 0.6 is 0 Å². The number of methoxy groups -OCH3 is 1. The summed E-state index contributed by atoms with van der Waals surface area (Å²) in [5.74, 6) is 0.858. The normalized spacial score (nSPS) is 10.2. The molecule has 0 aliphatic carbocycles. The maximum atomic E-state index is 9.40. The van der Waals surface area contributed by atoms with Crippen molar-refractivity contribution in [2.24, 2.45) is 0 Å². The van der Waals surface area contributed by atoms with Crippen LogP contribution in [0.25, 0.3) is 22.6 Å². The Bertz CT molecular complexity index is 834. The van der Waals surface area contributed by atoms with E-state index in [0.717, 1.165) is 5.56 Å². The van der Waals surface area contributed by atoms with Gasteiger partial charge in [0.15, 0.2) is 0 Å². The first-order valence-electron chi connectivity index (χ1n) is 6.62. The number of nitriles is 1. The van der Waals surface area contributed by atoms with Crippen molar-refractivity contribution in [2.45, 2.75) is 0 Å². The van der Waals surface area contributed by atoms with E-state index < -0.39 is 0 Å². The van der Waals surface area contributed by atoms with Crippen LogP contribution in [0.5, 0.6) is 5.88 Å². The van der Waals surface area contributed by atoms with Gasteiger partial charge >= 0.3 is 0 Å². The minimum absolute atomic E-state index is 0.267. The van der Waals surface area contributed by atoms with Crippen LogP contribution in [-0.2, 0) is 0 Å². The Morgan fingerprint density at radius 2 is 2.00 bits per heavy atom. The molecule has 2 aromatic heterocycles. The lowest BCUT2D eigenvalue weighted by atomic mass is 9.94. The van der Waals surface area contributed by atoms with Crippen LogP contribution < -0.4 is 10.2 Å². The molecule has 22 heavy (non-hydrogen) atoms. The number of benzene rings is 1. The van der Waals surface area contributed by atoms with Crippen LogP contribution in [0.3, 0.4) is 0 Å². The van der Waals surface area contributed by atoms with Gasteiger partial charge < -0.3 is 9.15 Å². The molecule has 0 bridgehead atoms. The molecule has 104 valence electrons. The maximum absolute atomic E-state index is 9.40. The second kappa shape index (κ2) is 5.78. The average Bonchev–Trinajstić information content (AvgIpc) is 3.08. The summed E-state index contributed by atoms with van der Waals surface area (Å²) in [6, 6.07) is 14.8. The lowest BCUT2D eigenvalue weighted by Gasteiger charge is -2.10. The highest BCUT2D eigenvalue weighted by atomic mass is 16.5. The summed E-state index contributed by atoms with van der Waals surface area (Å²) in [4.78, 5) is 4.41. The zero-order chi connectivity index (χ0) is 15.5. The molecule has 0 saturated heterocycles. The molecule has 0 aliphatic rings. The quantitative estimate of drug-likeness (QED) is 0.694. The number of rotatable bonds is 3. The second-order valence-corrected chi connectivity index (χ2v) is 4.65. The van der Waals surface area contributed by atoms with Crippen LogP contribution in [0.1, 0.15) is 5.56 Å². The molecule has 1 aromatic carbocycles. The lowest BCUT2D eigenvalue weighted by molar-refractivity contribution is 0.397. The van der Waals surface area contributed by atoms with Gasteiger partial charge in [-0.15, -0.1) is 0 Å². The van der Waals surface area contributed by atoms with E-state index in [-0.39, 0.29) is 5.88 Å². The Morgan fingerprint density at radius 3 is 2.59 bits per heavy atom. The number of nitrogens with zero attached hydrogens (tertiary/aromatic N) is 2. The number of hydrogen-bond acceptors (Lipinski definition) is 4. The van der Waals surface area contributed by atoms with Gasteiger partial charge in [0.1, 0.15) is 25.2 Å². The Morgan fingerprint density at radius 1 is 1.23 bits per heavy atom. The van der Waals surface area contributed by atoms with E-state index in [1.807, 2.05) is 18.2 Å². The van der Waals surface area contributed by atoms with E-state index in [0.29, 0.717) is 28.0 Å². The molecule has 0 spiro atoms. The SMILES string of the molecule is [B]c1ccc(-c2cc(-c3ccco3)c(C#N)c(OC)n2)cc1. The third kappa shape index (κ3) is 2.47. The van der Waals surface area contributed by atoms with Gasteiger partial charge in [-0.2, -0.15) is 5.26 Å². The van der Waals surface area contributed by atoms with Crippen molar-refractivity contribution in [1.82, 2.24) is 4.98 Å². The van der Waals surface area contributed by atoms with Crippen molar-refractivity contribution in [3.63, 3.8) is 0 Å². The fourth-order valence-corrected chi connectivity index (χ4v) is 2.21. The Labute approximate surface area is 129 Å². The molecule has 5 heteroatoms. The topological polar surface area (TPSA) is 59.0 Å². The lowest BCUT2D eigenvalue weighted by Crippen LogP contribution is -2.01. The van der Waals surface area contributed by atoms with E-state index in [1.54, 1.807) is 30.5 Å². The van der Waals surface area contributed by atoms with Crippen LogP contribution in [-0.4, -0.2) is 19.9 Å². The standard InChI is InChI=1S/C17H11BN2O2/c1-21-17-14(10-19)13(16-3-2-8-22-16)9-15(20-17)11-4-6-12(18)7-5-11/h2-9H,1H3. The number of pyridine rings is 1. The molecular formula is C17H11BN2O2. The molecule has 2 radical (unpaired) electrons. The molecule has 0 aliphatic heterocycles. The molecule has 4 nitrogen and oxygen atoms in total. The van der Waals surface area contributed by atoms with Crippen LogP contribution in [0.4, 0.5) is 0 Å². The van der Waals surface area contributed by atoms with Gasteiger partial charge in [0.2, 0.25) is 5.88 Å². The first kappa shape index (κ1) is 14.0. The molecule has 0 fully saturated rings. The van der Waals surface area contributed by atoms with Gasteiger partial charge in [-0.1, -0.05) is 29.7 Å². The van der Waals surface area contributed by atoms with Gasteiger partial charge in [-0.25, -0.2) is 4.98 Å². The number of ether oxygens (including phenoxy) is 1. The second-order valence-electron chi connectivity index (χ2n) is 4.65. The van der Waals surface area contributed by atoms with Crippen LogP contribution in [0, 0.1) is 11.3 Å². The van der Waals surface area contributed by atoms with Gasteiger partial charge in [0, 0.05) is 11.1 Å². The van der Waals surface area contributed by atoms with Gasteiger partial charge in [-0.05, 0) is 18.2 Å². The van der Waals surface area contributed by atoms with Crippen molar-refractivity contribution >= 4 is 13.3 Å². The van der Waals surface area contributed by atoms with Gasteiger partial charge in [0.25, 0.3) is 0 Å². The predicted molar refractivity (Wildman–Crippen MR) is 84.0 cm³/mol. The molecular weight excluding hydrogens is 275 g/mol. The molecule has 0 saturated carbocycles. The third-order valence-electron chi connectivity index (χ3n) is 3.28. The summed E-state index contributed by atoms with van der Waals surface area (Å²) in [6.45, 7) is 0. The first-order chi connectivity index (χ1) is 10.7. The van der Waals surface area contributed by atoms with Crippen molar-refractivity contribution in [1.29, 1.82) is 5.26 Å². The number of furan rings is 1. The zero-order valence-electron chi connectivity index (χ0n) is 11.9. The van der Waals surface area contributed by atoms with Gasteiger partial charge in [0.05, 0.1) is 19.1 Å². The fraction of sp³-hybridized carbons (Fsp3) is 0.0588. The fourth-order valence-electron chi connectivity index (χ4n) is 2.21. The highest BCUT2D eigenvalue weighted by Crippen LogP contribution is 2.33. The molecule has 0 atom stereocenters. The Hall–Kier alpha value is -3.00. The Kier molecular flexibility index (Phi) is 3.67. The van der Waals surface area contributed by atoms with E-state index in [9.17, 15) is 5.26 Å². The summed E-state index contributed by atoms with van der Waals surface area (Å²) in [7, 11) is 7.20. The highest BCUT2D eigenvalue weighted by Gasteiger charge is 2.17. The maximum Gasteiger partial charge on any atom is 0.232 e. The molecule has 0 amide bonds. The summed E-state index contributed by atoms with van der Waals surface area (Å²) in [6.07, 6.45) is 1.56. The number of hydrogen-bond donors (Lipinski definition) is 0. The molecule has 3 rings (SSSR count). The minimum Gasteiger partial charge on any atom is -0.480 e. The summed E-state index contributed by atoms with van der Waals surface area (Å²) in [5, 5.41) is 9.40. The van der Waals surface area contributed by atoms with E-state index >= 15 is 0 Å². The van der Waals surface area contributed by atoms with Crippen molar-refractivity contribution < 1.29 is 9.15 Å². The highest BCUT2D eigenvalue weighted by molar-refractivity contribution is 6.32. The van der Waals surface area contributed by atoms with E-state index in [2.05, 4.69) is 11.1 Å². The monoisotopic (exact) mass is 286 g/mol. The molecule has 3 aromatic rings. The third-order valence-corrected chi connectivity index (χ3v) is 3.28. The number of aromatic nitrogens is 1. The van der Waals surface area contributed by atoms with Crippen molar-refractivity contribution in [2.75, 3.05) is 7.11 Å². The molecule has 0 unspecified atom stereocenters. The van der Waals surface area contributed by atoms with Crippen LogP contribution in [0.2, 0.25) is 0 Å². The first-order valence-corrected chi connectivity index (χ1v) is 6.62. The van der Waals surface area contributed by atoms with E-state index in [4.69, 9.17) is 17.0 Å². The molecule has 0 N–H and O–H groups in total. The smallest absolute Gasteiger partial charge is 0.232 e. The minimum atomic E-state index is 0.267. The average molecular weight is 286 g/mol. The summed E-state index contributed by atoms with van der Waals surface area (Å²) in [5.41, 5.74) is 3.23. The van der Waals surface area contributed by atoms with Gasteiger partial charge in [-0.3, -0.25) is 0 Å². The largest absolute Gasteiger partial charge is 0.480 e. The van der Waals surface area contributed by atoms with Crippen molar-refractivity contribution in [3.05, 3.63) is 54.3 Å². The predicted octanol–water partition coefficient (Wildman–Crippen LogP) is 2.68.